The number of nitrogens with one attached hydrogen (secondary N) is 2. The maximum absolute atomic E-state index is 13.7. The molecule has 0 atom stereocenters. The summed E-state index contributed by atoms with van der Waals surface area (Å²) in [7, 11) is 0. The molecule has 150 valence electrons. The number of hydrogen-bond donors (Lipinski definition) is 2. The maximum Gasteiger partial charge on any atom is 0.256 e. The van der Waals surface area contributed by atoms with Crippen molar-refractivity contribution >= 4 is 34.1 Å². The van der Waals surface area contributed by atoms with Crippen molar-refractivity contribution in [1.82, 2.24) is 15.0 Å². The van der Waals surface area contributed by atoms with E-state index in [1.807, 2.05) is 32.0 Å². The van der Waals surface area contributed by atoms with Crippen LogP contribution in [0.5, 0.6) is 0 Å². The van der Waals surface area contributed by atoms with Crippen LogP contribution in [0.4, 0.5) is 21.7 Å². The molecule has 7 heteroatoms. The van der Waals surface area contributed by atoms with Gasteiger partial charge in [0.05, 0.1) is 11.1 Å². The molecule has 0 aliphatic heterocycles. The molecule has 0 spiro atoms. The van der Waals surface area contributed by atoms with Gasteiger partial charge in [0.25, 0.3) is 5.91 Å². The summed E-state index contributed by atoms with van der Waals surface area (Å²) in [6.45, 7) is 5.61. The van der Waals surface area contributed by atoms with E-state index in [-0.39, 0.29) is 5.91 Å². The van der Waals surface area contributed by atoms with Crippen molar-refractivity contribution in [2.45, 2.75) is 20.8 Å². The van der Waals surface area contributed by atoms with Gasteiger partial charge in [-0.3, -0.25) is 9.78 Å². The Morgan fingerprint density at radius 2 is 1.53 bits per heavy atom. The van der Waals surface area contributed by atoms with Gasteiger partial charge in [0.1, 0.15) is 5.82 Å². The highest BCUT2D eigenvalue weighted by Crippen LogP contribution is 2.23. The fourth-order valence-electron chi connectivity index (χ4n) is 3.30. The number of aromatic nitrogens is 3. The Kier molecular flexibility index (Phi) is 5.10. The molecule has 2 aromatic carbocycles. The van der Waals surface area contributed by atoms with Crippen LogP contribution in [0.25, 0.3) is 10.9 Å². The molecule has 2 heterocycles. The standard InChI is InChI=1S/C23H20FN5O/c1-13-9-14(2)27-23(26-13)29-18-6-4-5-17(12-18)28-22(30)20-10-15(3)25-21-8-7-16(24)11-19(20)21/h4-12H,1-3H3,(H,28,30)(H,26,27,29). The maximum atomic E-state index is 13.7. The van der Waals surface area contributed by atoms with Gasteiger partial charge in [-0.2, -0.15) is 0 Å². The zero-order chi connectivity index (χ0) is 21.3. The number of nitrogens with zero attached hydrogens (tertiary/aromatic N) is 3. The lowest BCUT2D eigenvalue weighted by Crippen LogP contribution is -2.13. The SMILES string of the molecule is Cc1cc(C)nc(Nc2cccc(NC(=O)c3cc(C)nc4ccc(F)cc34)c2)n1. The lowest BCUT2D eigenvalue weighted by Gasteiger charge is -2.11. The van der Waals surface area contributed by atoms with E-state index < -0.39 is 5.82 Å². The molecule has 4 rings (SSSR count). The monoisotopic (exact) mass is 401 g/mol. The van der Waals surface area contributed by atoms with Crippen molar-refractivity contribution in [2.75, 3.05) is 10.6 Å². The molecule has 0 fully saturated rings. The molecule has 2 aromatic heterocycles. The Hall–Kier alpha value is -3.87. The Bertz CT molecular complexity index is 1250. The first-order valence-electron chi connectivity index (χ1n) is 9.45. The van der Waals surface area contributed by atoms with Gasteiger partial charge >= 0.3 is 0 Å². The number of carbonyl (C=O) groups excluding carboxylic acids is 1. The van der Waals surface area contributed by atoms with Crippen molar-refractivity contribution in [1.29, 1.82) is 0 Å². The Balaban J connectivity index is 1.61. The number of hydrogen-bond acceptors (Lipinski definition) is 5. The Labute approximate surface area is 173 Å². The molecule has 0 aliphatic carbocycles. The number of anilines is 3. The van der Waals surface area contributed by atoms with E-state index in [2.05, 4.69) is 25.6 Å². The first kappa shape index (κ1) is 19.4. The molecule has 0 unspecified atom stereocenters. The van der Waals surface area contributed by atoms with Gasteiger partial charge < -0.3 is 10.6 Å². The largest absolute Gasteiger partial charge is 0.324 e. The van der Waals surface area contributed by atoms with E-state index in [1.165, 1.54) is 12.1 Å². The average molecular weight is 401 g/mol. The highest BCUT2D eigenvalue weighted by molar-refractivity contribution is 6.12. The Morgan fingerprint density at radius 1 is 0.833 bits per heavy atom. The quantitative estimate of drug-likeness (QED) is 0.498. The number of rotatable bonds is 4. The van der Waals surface area contributed by atoms with Crippen molar-refractivity contribution in [3.63, 3.8) is 0 Å². The number of pyridine rings is 1. The summed E-state index contributed by atoms with van der Waals surface area (Å²) in [6.07, 6.45) is 0. The molecule has 0 bridgehead atoms. The molecule has 0 saturated heterocycles. The number of fused-ring (bicyclic) bond motifs is 1. The second-order valence-corrected chi connectivity index (χ2v) is 7.11. The molecule has 1 amide bonds. The van der Waals surface area contributed by atoms with Gasteiger partial charge in [-0.1, -0.05) is 6.07 Å². The molecule has 2 N–H and O–H groups in total. The van der Waals surface area contributed by atoms with Gasteiger partial charge in [0.15, 0.2) is 0 Å². The van der Waals surface area contributed by atoms with E-state index in [9.17, 15) is 9.18 Å². The van der Waals surface area contributed by atoms with Crippen LogP contribution >= 0.6 is 0 Å². The lowest BCUT2D eigenvalue weighted by atomic mass is 10.1. The van der Waals surface area contributed by atoms with Gasteiger partial charge in [-0.05, 0) is 69.3 Å². The molecule has 0 radical (unpaired) electrons. The van der Waals surface area contributed by atoms with Crippen LogP contribution in [0.3, 0.4) is 0 Å². The van der Waals surface area contributed by atoms with Gasteiger partial charge in [-0.15, -0.1) is 0 Å². The first-order chi connectivity index (χ1) is 14.4. The topological polar surface area (TPSA) is 79.8 Å². The third-order valence-corrected chi connectivity index (χ3v) is 4.50. The highest BCUT2D eigenvalue weighted by atomic mass is 19.1. The molecular weight excluding hydrogens is 381 g/mol. The summed E-state index contributed by atoms with van der Waals surface area (Å²) >= 11 is 0. The molecular formula is C23H20FN5O. The fraction of sp³-hybridized carbons (Fsp3) is 0.130. The number of aryl methyl sites for hydroxylation is 3. The zero-order valence-corrected chi connectivity index (χ0v) is 16.8. The minimum Gasteiger partial charge on any atom is -0.324 e. The van der Waals surface area contributed by atoms with Crippen LogP contribution in [0.2, 0.25) is 0 Å². The van der Waals surface area contributed by atoms with E-state index >= 15 is 0 Å². The Morgan fingerprint density at radius 3 is 2.30 bits per heavy atom. The van der Waals surface area contributed by atoms with Crippen LogP contribution in [-0.4, -0.2) is 20.9 Å². The zero-order valence-electron chi connectivity index (χ0n) is 16.8. The fourth-order valence-corrected chi connectivity index (χ4v) is 3.30. The summed E-state index contributed by atoms with van der Waals surface area (Å²) in [5.74, 6) is -0.264. The third-order valence-electron chi connectivity index (χ3n) is 4.50. The van der Waals surface area contributed by atoms with E-state index in [1.54, 1.807) is 31.2 Å². The number of carbonyl (C=O) groups is 1. The van der Waals surface area contributed by atoms with Gasteiger partial charge in [-0.25, -0.2) is 14.4 Å². The van der Waals surface area contributed by atoms with Crippen molar-refractivity contribution in [2.24, 2.45) is 0 Å². The van der Waals surface area contributed by atoms with Crippen molar-refractivity contribution in [3.8, 4) is 0 Å². The van der Waals surface area contributed by atoms with Gasteiger partial charge in [0, 0.05) is 33.8 Å². The summed E-state index contributed by atoms with van der Waals surface area (Å²) in [6, 6.07) is 15.0. The first-order valence-corrected chi connectivity index (χ1v) is 9.45. The van der Waals surface area contributed by atoms with Crippen LogP contribution in [0.15, 0.2) is 54.6 Å². The predicted octanol–water partition coefficient (Wildman–Crippen LogP) is 5.09. The number of halogens is 1. The molecule has 6 nitrogen and oxygen atoms in total. The second-order valence-electron chi connectivity index (χ2n) is 7.11. The van der Waals surface area contributed by atoms with Crippen molar-refractivity contribution < 1.29 is 9.18 Å². The minimum absolute atomic E-state index is 0.337. The van der Waals surface area contributed by atoms with Crippen LogP contribution in [0.1, 0.15) is 27.4 Å². The predicted molar refractivity (Wildman–Crippen MR) is 116 cm³/mol. The second kappa shape index (κ2) is 7.87. The normalized spacial score (nSPS) is 10.8. The van der Waals surface area contributed by atoms with E-state index in [4.69, 9.17) is 0 Å². The molecule has 30 heavy (non-hydrogen) atoms. The molecule has 0 saturated carbocycles. The minimum atomic E-state index is -0.415. The number of amides is 1. The summed E-state index contributed by atoms with van der Waals surface area (Å²) in [4.78, 5) is 26.1. The van der Waals surface area contributed by atoms with E-state index in [0.29, 0.717) is 33.8 Å². The summed E-state index contributed by atoms with van der Waals surface area (Å²) in [5, 5.41) is 6.50. The number of benzene rings is 2. The van der Waals surface area contributed by atoms with Crippen LogP contribution in [0, 0.1) is 26.6 Å². The van der Waals surface area contributed by atoms with Crippen LogP contribution < -0.4 is 10.6 Å². The summed E-state index contributed by atoms with van der Waals surface area (Å²) in [5.41, 5.74) is 4.68. The highest BCUT2D eigenvalue weighted by Gasteiger charge is 2.13. The average Bonchev–Trinajstić information content (AvgIpc) is 2.67. The summed E-state index contributed by atoms with van der Waals surface area (Å²) < 4.78 is 13.7. The third kappa shape index (κ3) is 4.25. The van der Waals surface area contributed by atoms with Gasteiger partial charge in [0.2, 0.25) is 5.95 Å². The van der Waals surface area contributed by atoms with E-state index in [0.717, 1.165) is 17.1 Å². The molecule has 0 aliphatic rings. The lowest BCUT2D eigenvalue weighted by molar-refractivity contribution is 0.102. The van der Waals surface area contributed by atoms with Crippen molar-refractivity contribution in [3.05, 3.63) is 83.1 Å². The molecule has 4 aromatic rings. The van der Waals surface area contributed by atoms with Crippen LogP contribution in [-0.2, 0) is 0 Å². The smallest absolute Gasteiger partial charge is 0.256 e.